The van der Waals surface area contributed by atoms with E-state index in [2.05, 4.69) is 15.9 Å². The van der Waals surface area contributed by atoms with Crippen LogP contribution in [0.15, 0.2) is 15.9 Å². The highest BCUT2D eigenvalue weighted by Gasteiger charge is 2.19. The molecule has 0 fully saturated rings. The molecule has 1 heterocycles. The summed E-state index contributed by atoms with van der Waals surface area (Å²) in [7, 11) is 0. The monoisotopic (exact) mass is 250 g/mol. The van der Waals surface area contributed by atoms with Crippen molar-refractivity contribution < 1.29 is 15.0 Å². The SMILES string of the molecule is O=C(O)C(CO)c1ccc(Br)s1. The average molecular weight is 251 g/mol. The van der Waals surface area contributed by atoms with Crippen LogP contribution in [0.4, 0.5) is 0 Å². The Labute approximate surface area is 81.8 Å². The number of aliphatic hydroxyl groups is 1. The van der Waals surface area contributed by atoms with E-state index in [-0.39, 0.29) is 6.61 Å². The van der Waals surface area contributed by atoms with E-state index in [1.54, 1.807) is 12.1 Å². The summed E-state index contributed by atoms with van der Waals surface area (Å²) in [5.74, 6) is -1.78. The Balaban J connectivity index is 2.87. The van der Waals surface area contributed by atoms with E-state index in [1.165, 1.54) is 11.3 Å². The first-order valence-corrected chi connectivity index (χ1v) is 4.85. The number of thiophene rings is 1. The lowest BCUT2D eigenvalue weighted by atomic mass is 10.1. The normalized spacial score (nSPS) is 12.8. The first-order valence-electron chi connectivity index (χ1n) is 3.24. The van der Waals surface area contributed by atoms with Crippen molar-refractivity contribution in [2.24, 2.45) is 0 Å². The number of halogens is 1. The Kier molecular flexibility index (Phi) is 3.25. The maximum Gasteiger partial charge on any atom is 0.314 e. The second-order valence-corrected chi connectivity index (χ2v) is 4.71. The molecule has 0 aliphatic heterocycles. The fraction of sp³-hybridized carbons (Fsp3) is 0.286. The predicted octanol–water partition coefficient (Wildman–Crippen LogP) is 1.67. The van der Waals surface area contributed by atoms with Gasteiger partial charge in [-0.25, -0.2) is 0 Å². The van der Waals surface area contributed by atoms with Gasteiger partial charge in [0.1, 0.15) is 5.92 Å². The summed E-state index contributed by atoms with van der Waals surface area (Å²) in [6.07, 6.45) is 0. The zero-order valence-corrected chi connectivity index (χ0v) is 8.43. The van der Waals surface area contributed by atoms with Crippen molar-refractivity contribution in [2.45, 2.75) is 5.92 Å². The highest BCUT2D eigenvalue weighted by atomic mass is 79.9. The number of carboxylic acid groups (broad SMARTS) is 1. The van der Waals surface area contributed by atoms with Gasteiger partial charge in [0.25, 0.3) is 0 Å². The molecule has 1 aromatic heterocycles. The molecule has 66 valence electrons. The summed E-state index contributed by atoms with van der Waals surface area (Å²) >= 11 is 4.55. The van der Waals surface area contributed by atoms with Gasteiger partial charge in [0.05, 0.1) is 10.4 Å². The van der Waals surface area contributed by atoms with Crippen molar-refractivity contribution >= 4 is 33.2 Å². The number of rotatable bonds is 3. The number of carbonyl (C=O) groups is 1. The van der Waals surface area contributed by atoms with Crippen LogP contribution in [0.5, 0.6) is 0 Å². The maximum atomic E-state index is 10.6. The van der Waals surface area contributed by atoms with Gasteiger partial charge in [-0.3, -0.25) is 4.79 Å². The van der Waals surface area contributed by atoms with Gasteiger partial charge in [-0.2, -0.15) is 0 Å². The minimum atomic E-state index is -0.994. The molecule has 0 amide bonds. The van der Waals surface area contributed by atoms with Gasteiger partial charge in [0, 0.05) is 4.88 Å². The third kappa shape index (κ3) is 2.06. The van der Waals surface area contributed by atoms with E-state index >= 15 is 0 Å². The van der Waals surface area contributed by atoms with Crippen LogP contribution in [0.2, 0.25) is 0 Å². The summed E-state index contributed by atoms with van der Waals surface area (Å²) in [6, 6.07) is 3.47. The lowest BCUT2D eigenvalue weighted by Gasteiger charge is -2.04. The fourth-order valence-electron chi connectivity index (χ4n) is 0.805. The summed E-state index contributed by atoms with van der Waals surface area (Å²) in [6.45, 7) is -0.359. The molecule has 0 aliphatic carbocycles. The largest absolute Gasteiger partial charge is 0.481 e. The highest BCUT2D eigenvalue weighted by Crippen LogP contribution is 2.28. The topological polar surface area (TPSA) is 57.5 Å². The molecule has 0 radical (unpaired) electrons. The molecule has 0 aromatic carbocycles. The lowest BCUT2D eigenvalue weighted by Crippen LogP contribution is -2.13. The van der Waals surface area contributed by atoms with Gasteiger partial charge in [0.15, 0.2) is 0 Å². The van der Waals surface area contributed by atoms with Gasteiger partial charge in [-0.05, 0) is 28.1 Å². The number of carboxylic acids is 1. The molecular formula is C7H7BrO3S. The van der Waals surface area contributed by atoms with Crippen LogP contribution < -0.4 is 0 Å². The molecule has 0 saturated heterocycles. The van der Waals surface area contributed by atoms with Crippen LogP contribution in [-0.2, 0) is 4.79 Å². The smallest absolute Gasteiger partial charge is 0.314 e. The van der Waals surface area contributed by atoms with E-state index in [1.807, 2.05) is 0 Å². The maximum absolute atomic E-state index is 10.6. The zero-order valence-electron chi connectivity index (χ0n) is 6.03. The van der Waals surface area contributed by atoms with Crippen LogP contribution in [0.25, 0.3) is 0 Å². The van der Waals surface area contributed by atoms with Gasteiger partial charge in [0.2, 0.25) is 0 Å². The molecule has 12 heavy (non-hydrogen) atoms. The summed E-state index contributed by atoms with van der Waals surface area (Å²) in [4.78, 5) is 11.2. The van der Waals surface area contributed by atoms with Crippen LogP contribution >= 0.6 is 27.3 Å². The molecule has 0 saturated carbocycles. The van der Waals surface area contributed by atoms with Crippen LogP contribution in [0.1, 0.15) is 10.8 Å². The molecule has 0 aliphatic rings. The van der Waals surface area contributed by atoms with Crippen LogP contribution in [0, 0.1) is 0 Å². The predicted molar refractivity (Wildman–Crippen MR) is 49.5 cm³/mol. The summed E-state index contributed by atoms with van der Waals surface area (Å²) < 4.78 is 0.872. The molecule has 0 bridgehead atoms. The molecular weight excluding hydrogens is 244 g/mol. The molecule has 2 N–H and O–H groups in total. The number of hydrogen-bond donors (Lipinski definition) is 2. The number of hydrogen-bond acceptors (Lipinski definition) is 3. The van der Waals surface area contributed by atoms with Gasteiger partial charge >= 0.3 is 5.97 Å². The van der Waals surface area contributed by atoms with Gasteiger partial charge in [-0.15, -0.1) is 11.3 Å². The fourth-order valence-corrected chi connectivity index (χ4v) is 2.31. The second-order valence-electron chi connectivity index (χ2n) is 2.22. The number of aliphatic carboxylic acids is 1. The Morgan fingerprint density at radius 3 is 2.67 bits per heavy atom. The molecule has 1 aromatic rings. The molecule has 5 heteroatoms. The minimum Gasteiger partial charge on any atom is -0.481 e. The lowest BCUT2D eigenvalue weighted by molar-refractivity contribution is -0.139. The van der Waals surface area contributed by atoms with Crippen molar-refractivity contribution in [2.75, 3.05) is 6.61 Å². The van der Waals surface area contributed by atoms with Crippen LogP contribution in [-0.4, -0.2) is 22.8 Å². The molecule has 1 atom stereocenters. The molecule has 1 rings (SSSR count). The van der Waals surface area contributed by atoms with Crippen molar-refractivity contribution in [3.63, 3.8) is 0 Å². The standard InChI is InChI=1S/C7H7BrO3S/c8-6-2-1-5(12-6)4(3-9)7(10)11/h1-2,4,9H,3H2,(H,10,11). The minimum absolute atomic E-state index is 0.359. The highest BCUT2D eigenvalue weighted by molar-refractivity contribution is 9.11. The average Bonchev–Trinajstić information content (AvgIpc) is 2.37. The number of aliphatic hydroxyl groups excluding tert-OH is 1. The second kappa shape index (κ2) is 4.02. The van der Waals surface area contributed by atoms with Crippen LogP contribution in [0.3, 0.4) is 0 Å². The van der Waals surface area contributed by atoms with E-state index in [0.29, 0.717) is 4.88 Å². The Morgan fingerprint density at radius 1 is 1.67 bits per heavy atom. The van der Waals surface area contributed by atoms with E-state index < -0.39 is 11.9 Å². The third-order valence-electron chi connectivity index (χ3n) is 1.42. The van der Waals surface area contributed by atoms with E-state index in [0.717, 1.165) is 3.79 Å². The molecule has 3 nitrogen and oxygen atoms in total. The van der Waals surface area contributed by atoms with E-state index in [4.69, 9.17) is 10.2 Å². The van der Waals surface area contributed by atoms with Crippen molar-refractivity contribution in [3.05, 3.63) is 20.8 Å². The first kappa shape index (κ1) is 9.70. The first-order chi connectivity index (χ1) is 5.65. The Morgan fingerprint density at radius 2 is 2.33 bits per heavy atom. The zero-order chi connectivity index (χ0) is 9.14. The Hall–Kier alpha value is -0.390. The van der Waals surface area contributed by atoms with Gasteiger partial charge < -0.3 is 10.2 Å². The van der Waals surface area contributed by atoms with Gasteiger partial charge in [-0.1, -0.05) is 0 Å². The molecule has 0 spiro atoms. The molecule has 1 unspecified atom stereocenters. The van der Waals surface area contributed by atoms with Crippen molar-refractivity contribution in [1.29, 1.82) is 0 Å². The van der Waals surface area contributed by atoms with Crippen molar-refractivity contribution in [1.82, 2.24) is 0 Å². The van der Waals surface area contributed by atoms with E-state index in [9.17, 15) is 4.79 Å². The summed E-state index contributed by atoms with van der Waals surface area (Å²) in [5.41, 5.74) is 0. The van der Waals surface area contributed by atoms with Crippen molar-refractivity contribution in [3.8, 4) is 0 Å². The quantitative estimate of drug-likeness (QED) is 0.859. The Bertz CT molecular complexity index is 284. The summed E-state index contributed by atoms with van der Waals surface area (Å²) in [5, 5.41) is 17.4. The third-order valence-corrected chi connectivity index (χ3v) is 3.16.